The van der Waals surface area contributed by atoms with Crippen molar-refractivity contribution in [3.63, 3.8) is 0 Å². The summed E-state index contributed by atoms with van der Waals surface area (Å²) >= 11 is 1.71. The molecule has 0 bridgehead atoms. The highest BCUT2D eigenvalue weighted by Crippen LogP contribution is 2.07. The zero-order chi connectivity index (χ0) is 12.0. The first-order chi connectivity index (χ1) is 7.65. The van der Waals surface area contributed by atoms with Gasteiger partial charge in [-0.15, -0.1) is 0 Å². The summed E-state index contributed by atoms with van der Waals surface area (Å²) in [5.74, 6) is -0.261. The van der Waals surface area contributed by atoms with Gasteiger partial charge in [0.05, 0.1) is 13.0 Å². The van der Waals surface area contributed by atoms with E-state index < -0.39 is 0 Å². The van der Waals surface area contributed by atoms with Gasteiger partial charge in [0.15, 0.2) is 0 Å². The lowest BCUT2D eigenvalue weighted by molar-refractivity contribution is -0.145. The van der Waals surface area contributed by atoms with Crippen molar-refractivity contribution in [2.45, 2.75) is 26.3 Å². The third kappa shape index (κ3) is 3.94. The SMILES string of the molecule is COC(=O)C(C)C(C)NCCc1ccsc1. The van der Waals surface area contributed by atoms with Gasteiger partial charge in [-0.2, -0.15) is 11.3 Å². The van der Waals surface area contributed by atoms with Crippen LogP contribution < -0.4 is 5.32 Å². The Morgan fingerprint density at radius 1 is 1.56 bits per heavy atom. The van der Waals surface area contributed by atoms with Crippen molar-refractivity contribution < 1.29 is 9.53 Å². The molecule has 1 heterocycles. The summed E-state index contributed by atoms with van der Waals surface area (Å²) in [5, 5.41) is 7.57. The van der Waals surface area contributed by atoms with Crippen LogP contribution in [0.2, 0.25) is 0 Å². The number of rotatable bonds is 6. The molecule has 1 N–H and O–H groups in total. The molecule has 0 aliphatic carbocycles. The Morgan fingerprint density at radius 2 is 2.31 bits per heavy atom. The standard InChI is InChI=1S/C12H19NO2S/c1-9(12(14)15-3)10(2)13-6-4-11-5-7-16-8-11/h5,7-10,13H,4,6H2,1-3H3. The molecule has 0 saturated heterocycles. The summed E-state index contributed by atoms with van der Waals surface area (Å²) in [6.07, 6.45) is 1.00. The molecule has 2 unspecified atom stereocenters. The fraction of sp³-hybridized carbons (Fsp3) is 0.583. The highest BCUT2D eigenvalue weighted by atomic mass is 32.1. The Bertz CT molecular complexity index is 311. The molecule has 3 nitrogen and oxygen atoms in total. The summed E-state index contributed by atoms with van der Waals surface area (Å²) in [5.41, 5.74) is 1.34. The Hall–Kier alpha value is -0.870. The molecule has 1 rings (SSSR count). The van der Waals surface area contributed by atoms with Crippen LogP contribution in [0.4, 0.5) is 0 Å². The van der Waals surface area contributed by atoms with Crippen LogP contribution >= 0.6 is 11.3 Å². The predicted molar refractivity (Wildman–Crippen MR) is 66.7 cm³/mol. The molecule has 0 aromatic carbocycles. The van der Waals surface area contributed by atoms with Crippen molar-refractivity contribution in [2.24, 2.45) is 5.92 Å². The minimum atomic E-state index is -0.157. The maximum atomic E-state index is 11.3. The van der Waals surface area contributed by atoms with Crippen LogP contribution in [0.25, 0.3) is 0 Å². The van der Waals surface area contributed by atoms with Crippen LogP contribution in [0, 0.1) is 5.92 Å². The molecule has 0 fully saturated rings. The lowest BCUT2D eigenvalue weighted by Gasteiger charge is -2.18. The number of esters is 1. The smallest absolute Gasteiger partial charge is 0.309 e. The van der Waals surface area contributed by atoms with Gasteiger partial charge in [0.2, 0.25) is 0 Å². The van der Waals surface area contributed by atoms with E-state index >= 15 is 0 Å². The van der Waals surface area contributed by atoms with Crippen molar-refractivity contribution in [1.82, 2.24) is 5.32 Å². The number of carbonyl (C=O) groups is 1. The Labute approximate surface area is 101 Å². The molecule has 0 spiro atoms. The summed E-state index contributed by atoms with van der Waals surface area (Å²) < 4.78 is 4.71. The second kappa shape index (κ2) is 6.66. The van der Waals surface area contributed by atoms with E-state index in [-0.39, 0.29) is 17.9 Å². The van der Waals surface area contributed by atoms with E-state index in [2.05, 4.69) is 22.1 Å². The van der Waals surface area contributed by atoms with Crippen LogP contribution in [0.15, 0.2) is 16.8 Å². The normalized spacial score (nSPS) is 14.4. The zero-order valence-electron chi connectivity index (χ0n) is 10.0. The maximum absolute atomic E-state index is 11.3. The summed E-state index contributed by atoms with van der Waals surface area (Å²) in [6, 6.07) is 2.27. The third-order valence-electron chi connectivity index (χ3n) is 2.78. The third-order valence-corrected chi connectivity index (χ3v) is 3.52. The molecule has 0 aliphatic rings. The lowest BCUT2D eigenvalue weighted by atomic mass is 10.0. The minimum Gasteiger partial charge on any atom is -0.469 e. The lowest BCUT2D eigenvalue weighted by Crippen LogP contribution is -2.37. The number of hydrogen-bond acceptors (Lipinski definition) is 4. The molecule has 0 radical (unpaired) electrons. The first-order valence-corrected chi connectivity index (χ1v) is 6.41. The van der Waals surface area contributed by atoms with Gasteiger partial charge in [0.25, 0.3) is 0 Å². The second-order valence-corrected chi connectivity index (χ2v) is 4.72. The quantitative estimate of drug-likeness (QED) is 0.775. The van der Waals surface area contributed by atoms with Gasteiger partial charge in [-0.1, -0.05) is 6.92 Å². The molecule has 90 valence electrons. The average molecular weight is 241 g/mol. The van der Waals surface area contributed by atoms with E-state index in [0.717, 1.165) is 13.0 Å². The fourth-order valence-electron chi connectivity index (χ4n) is 1.45. The number of methoxy groups -OCH3 is 1. The molecule has 16 heavy (non-hydrogen) atoms. The summed E-state index contributed by atoms with van der Waals surface area (Å²) in [7, 11) is 1.43. The molecular formula is C12H19NO2S. The van der Waals surface area contributed by atoms with E-state index in [0.29, 0.717) is 0 Å². The van der Waals surface area contributed by atoms with Gasteiger partial charge < -0.3 is 10.1 Å². The topological polar surface area (TPSA) is 38.3 Å². The van der Waals surface area contributed by atoms with E-state index in [9.17, 15) is 4.79 Å². The highest BCUT2D eigenvalue weighted by molar-refractivity contribution is 7.07. The monoisotopic (exact) mass is 241 g/mol. The first kappa shape index (κ1) is 13.2. The van der Waals surface area contributed by atoms with E-state index in [4.69, 9.17) is 4.74 Å². The van der Waals surface area contributed by atoms with Crippen LogP contribution in [0.5, 0.6) is 0 Å². The van der Waals surface area contributed by atoms with Crippen molar-refractivity contribution >= 4 is 17.3 Å². The highest BCUT2D eigenvalue weighted by Gasteiger charge is 2.19. The van der Waals surface area contributed by atoms with Gasteiger partial charge in [0, 0.05) is 6.04 Å². The zero-order valence-corrected chi connectivity index (χ0v) is 10.8. The molecule has 1 aromatic heterocycles. The van der Waals surface area contributed by atoms with Gasteiger partial charge in [-0.25, -0.2) is 0 Å². The Kier molecular flexibility index (Phi) is 5.49. The molecular weight excluding hydrogens is 222 g/mol. The Morgan fingerprint density at radius 3 is 2.88 bits per heavy atom. The first-order valence-electron chi connectivity index (χ1n) is 5.47. The van der Waals surface area contributed by atoms with E-state index in [1.165, 1.54) is 12.7 Å². The number of carbonyl (C=O) groups excluding carboxylic acids is 1. The van der Waals surface area contributed by atoms with E-state index in [1.807, 2.05) is 13.8 Å². The second-order valence-electron chi connectivity index (χ2n) is 3.94. The van der Waals surface area contributed by atoms with Gasteiger partial charge >= 0.3 is 5.97 Å². The molecule has 1 aromatic rings. The predicted octanol–water partition coefficient (Wildman–Crippen LogP) is 2.08. The number of hydrogen-bond donors (Lipinski definition) is 1. The van der Waals surface area contributed by atoms with Crippen LogP contribution in [0.1, 0.15) is 19.4 Å². The molecule has 0 saturated carbocycles. The summed E-state index contributed by atoms with van der Waals surface area (Å²) in [4.78, 5) is 11.3. The van der Waals surface area contributed by atoms with Crippen LogP contribution in [-0.4, -0.2) is 25.7 Å². The maximum Gasteiger partial charge on any atom is 0.309 e. The average Bonchev–Trinajstić information content (AvgIpc) is 2.79. The van der Waals surface area contributed by atoms with E-state index in [1.54, 1.807) is 11.3 Å². The largest absolute Gasteiger partial charge is 0.469 e. The van der Waals surface area contributed by atoms with Gasteiger partial charge in [-0.05, 0) is 42.3 Å². The minimum absolute atomic E-state index is 0.104. The van der Waals surface area contributed by atoms with Crippen molar-refractivity contribution in [2.75, 3.05) is 13.7 Å². The Balaban J connectivity index is 2.24. The number of nitrogens with one attached hydrogen (secondary N) is 1. The van der Waals surface area contributed by atoms with Gasteiger partial charge in [0.1, 0.15) is 0 Å². The van der Waals surface area contributed by atoms with Gasteiger partial charge in [-0.3, -0.25) is 4.79 Å². The molecule has 0 amide bonds. The van der Waals surface area contributed by atoms with Crippen molar-refractivity contribution in [1.29, 1.82) is 0 Å². The van der Waals surface area contributed by atoms with Crippen LogP contribution in [-0.2, 0) is 16.0 Å². The molecule has 2 atom stereocenters. The summed E-state index contributed by atoms with van der Waals surface area (Å²) in [6.45, 7) is 4.78. The fourth-order valence-corrected chi connectivity index (χ4v) is 2.15. The molecule has 0 aliphatic heterocycles. The number of thiophene rings is 1. The number of ether oxygens (including phenoxy) is 1. The molecule has 4 heteroatoms. The van der Waals surface area contributed by atoms with Crippen molar-refractivity contribution in [3.8, 4) is 0 Å². The van der Waals surface area contributed by atoms with Crippen molar-refractivity contribution in [3.05, 3.63) is 22.4 Å². The van der Waals surface area contributed by atoms with Crippen LogP contribution in [0.3, 0.4) is 0 Å².